The minimum absolute atomic E-state index is 0.452. The fourth-order valence-corrected chi connectivity index (χ4v) is 0.846. The summed E-state index contributed by atoms with van der Waals surface area (Å²) in [6.07, 6.45) is 1.75. The van der Waals surface area contributed by atoms with E-state index in [0.29, 0.717) is 16.6 Å². The lowest BCUT2D eigenvalue weighted by Crippen LogP contribution is -1.78. The molecule has 0 N–H and O–H groups in total. The number of aromatic nitrogens is 2. The fraction of sp³-hybridized carbons (Fsp3) is 0. The zero-order valence-corrected chi connectivity index (χ0v) is 5.44. The summed E-state index contributed by atoms with van der Waals surface area (Å²) in [6, 6.07) is 4.84. The topological polar surface area (TPSA) is 56.0 Å². The maximum Gasteiger partial charge on any atom is 0.233 e. The first-order chi connectivity index (χ1) is 5.40. The third-order valence-corrected chi connectivity index (χ3v) is 1.37. The lowest BCUT2D eigenvalue weighted by atomic mass is 10.2. The van der Waals surface area contributed by atoms with E-state index in [2.05, 4.69) is 14.9 Å². The van der Waals surface area contributed by atoms with Gasteiger partial charge in [-0.2, -0.15) is 0 Å². The maximum atomic E-state index is 10.2. The highest BCUT2D eigenvalue weighted by Gasteiger charge is 1.99. The van der Waals surface area contributed by atoms with Crippen LogP contribution in [0.4, 0.5) is 0 Å². The standard InChI is InChI=1S/C7H3N2O2/c10-4-5-1-2-6-7(3-5)9-11-8-6/h1-3H. The van der Waals surface area contributed by atoms with Crippen LogP contribution >= 0.6 is 0 Å². The van der Waals surface area contributed by atoms with E-state index in [1.807, 2.05) is 0 Å². The molecule has 1 heterocycles. The Morgan fingerprint density at radius 1 is 1.27 bits per heavy atom. The molecule has 0 aliphatic carbocycles. The number of carbonyl (C=O) groups excluding carboxylic acids is 1. The monoisotopic (exact) mass is 147 g/mol. The Kier molecular flexibility index (Phi) is 1.18. The van der Waals surface area contributed by atoms with Crippen molar-refractivity contribution in [3.8, 4) is 0 Å². The molecule has 0 bridgehead atoms. The van der Waals surface area contributed by atoms with Crippen molar-refractivity contribution in [1.29, 1.82) is 0 Å². The van der Waals surface area contributed by atoms with Crippen molar-refractivity contribution in [1.82, 2.24) is 10.3 Å². The summed E-state index contributed by atoms with van der Waals surface area (Å²) in [6.45, 7) is 0. The van der Waals surface area contributed by atoms with Crippen LogP contribution in [0.25, 0.3) is 11.0 Å². The van der Waals surface area contributed by atoms with Crippen LogP contribution in [0.5, 0.6) is 0 Å². The minimum atomic E-state index is 0.452. The van der Waals surface area contributed by atoms with E-state index in [9.17, 15) is 4.79 Å². The van der Waals surface area contributed by atoms with Gasteiger partial charge < -0.3 is 0 Å². The van der Waals surface area contributed by atoms with Crippen LogP contribution in [0, 0.1) is 0 Å². The number of rotatable bonds is 1. The van der Waals surface area contributed by atoms with E-state index >= 15 is 0 Å². The van der Waals surface area contributed by atoms with Crippen molar-refractivity contribution in [2.24, 2.45) is 0 Å². The quantitative estimate of drug-likeness (QED) is 0.595. The number of fused-ring (bicyclic) bond motifs is 1. The SMILES string of the molecule is O=[C]c1ccc2nonc2c1. The number of nitrogens with zero attached hydrogens (tertiary/aromatic N) is 2. The Balaban J connectivity index is 2.76. The molecule has 1 aromatic carbocycles. The van der Waals surface area contributed by atoms with E-state index in [1.54, 1.807) is 24.5 Å². The molecule has 0 saturated carbocycles. The minimum Gasteiger partial charge on any atom is -0.285 e. The van der Waals surface area contributed by atoms with Gasteiger partial charge in [-0.05, 0) is 28.5 Å². The average Bonchev–Trinajstić information content (AvgIpc) is 2.50. The summed E-state index contributed by atoms with van der Waals surface area (Å²) in [4.78, 5) is 10.2. The first-order valence-electron chi connectivity index (χ1n) is 3.00. The second-order valence-corrected chi connectivity index (χ2v) is 2.07. The molecule has 0 aliphatic heterocycles. The van der Waals surface area contributed by atoms with E-state index in [0.717, 1.165) is 0 Å². The third-order valence-electron chi connectivity index (χ3n) is 1.37. The fourth-order valence-electron chi connectivity index (χ4n) is 0.846. The van der Waals surface area contributed by atoms with E-state index < -0.39 is 0 Å². The molecule has 1 aromatic heterocycles. The van der Waals surface area contributed by atoms with Crippen LogP contribution in [0.1, 0.15) is 5.56 Å². The van der Waals surface area contributed by atoms with Crippen molar-refractivity contribution in [3.05, 3.63) is 23.8 Å². The zero-order chi connectivity index (χ0) is 7.68. The van der Waals surface area contributed by atoms with E-state index in [1.165, 1.54) is 0 Å². The Morgan fingerprint density at radius 2 is 2.09 bits per heavy atom. The second-order valence-electron chi connectivity index (χ2n) is 2.07. The summed E-state index contributed by atoms with van der Waals surface area (Å²) < 4.78 is 4.43. The third kappa shape index (κ3) is 0.881. The average molecular weight is 147 g/mol. The molecule has 4 heteroatoms. The van der Waals surface area contributed by atoms with Gasteiger partial charge in [0.05, 0.1) is 0 Å². The number of hydrogen-bond donors (Lipinski definition) is 0. The van der Waals surface area contributed by atoms with E-state index in [4.69, 9.17) is 0 Å². The van der Waals surface area contributed by atoms with Gasteiger partial charge in [-0.15, -0.1) is 0 Å². The predicted molar refractivity (Wildman–Crippen MR) is 36.6 cm³/mol. The van der Waals surface area contributed by atoms with Gasteiger partial charge in [-0.3, -0.25) is 4.79 Å². The normalized spacial score (nSPS) is 10.2. The first kappa shape index (κ1) is 6.03. The van der Waals surface area contributed by atoms with Crippen LogP contribution < -0.4 is 0 Å². The van der Waals surface area contributed by atoms with Crippen LogP contribution in [0.15, 0.2) is 22.8 Å². The smallest absolute Gasteiger partial charge is 0.233 e. The van der Waals surface area contributed by atoms with Gasteiger partial charge in [-0.1, -0.05) is 0 Å². The molecule has 0 saturated heterocycles. The van der Waals surface area contributed by atoms with Crippen LogP contribution in [0.2, 0.25) is 0 Å². The highest BCUT2D eigenvalue weighted by Crippen LogP contribution is 2.09. The van der Waals surface area contributed by atoms with Gasteiger partial charge >= 0.3 is 0 Å². The lowest BCUT2D eigenvalue weighted by molar-refractivity contribution is 0.315. The van der Waals surface area contributed by atoms with Gasteiger partial charge in [0.15, 0.2) is 0 Å². The molecule has 2 aromatic rings. The summed E-state index contributed by atoms with van der Waals surface area (Å²) in [5.74, 6) is 0. The van der Waals surface area contributed by atoms with Gasteiger partial charge in [0.2, 0.25) is 6.29 Å². The molecule has 1 radical (unpaired) electrons. The van der Waals surface area contributed by atoms with Gasteiger partial charge in [0.25, 0.3) is 0 Å². The molecule has 0 aliphatic rings. The second kappa shape index (κ2) is 2.16. The largest absolute Gasteiger partial charge is 0.285 e. The summed E-state index contributed by atoms with van der Waals surface area (Å²) in [5.41, 5.74) is 1.67. The first-order valence-corrected chi connectivity index (χ1v) is 3.00. The highest BCUT2D eigenvalue weighted by molar-refractivity contribution is 5.84. The maximum absolute atomic E-state index is 10.2. The Morgan fingerprint density at radius 3 is 2.91 bits per heavy atom. The van der Waals surface area contributed by atoms with Crippen molar-refractivity contribution in [2.45, 2.75) is 0 Å². The summed E-state index contributed by atoms with van der Waals surface area (Å²) in [7, 11) is 0. The Labute approximate surface area is 61.8 Å². The molecule has 2 rings (SSSR count). The van der Waals surface area contributed by atoms with Crippen LogP contribution in [-0.2, 0) is 4.79 Å². The molecule has 0 amide bonds. The molecule has 53 valence electrons. The molecule has 0 atom stereocenters. The van der Waals surface area contributed by atoms with Crippen molar-refractivity contribution in [2.75, 3.05) is 0 Å². The van der Waals surface area contributed by atoms with Gasteiger partial charge in [-0.25, -0.2) is 4.63 Å². The predicted octanol–water partition coefficient (Wildman–Crippen LogP) is 0.681. The van der Waals surface area contributed by atoms with Crippen LogP contribution in [0.3, 0.4) is 0 Å². The lowest BCUT2D eigenvalue weighted by Gasteiger charge is -1.84. The van der Waals surface area contributed by atoms with Gasteiger partial charge in [0.1, 0.15) is 11.0 Å². The molecular formula is C7H3N2O2. The summed E-state index contributed by atoms with van der Waals surface area (Å²) >= 11 is 0. The van der Waals surface area contributed by atoms with Crippen LogP contribution in [-0.4, -0.2) is 16.6 Å². The Hall–Kier alpha value is -1.71. The van der Waals surface area contributed by atoms with Crippen molar-refractivity contribution >= 4 is 17.3 Å². The van der Waals surface area contributed by atoms with Crippen molar-refractivity contribution in [3.63, 3.8) is 0 Å². The zero-order valence-electron chi connectivity index (χ0n) is 5.44. The molecule has 4 nitrogen and oxygen atoms in total. The van der Waals surface area contributed by atoms with Gasteiger partial charge in [0, 0.05) is 5.56 Å². The molecular weight excluding hydrogens is 144 g/mol. The molecule has 0 fully saturated rings. The highest BCUT2D eigenvalue weighted by atomic mass is 16.6. The molecule has 11 heavy (non-hydrogen) atoms. The van der Waals surface area contributed by atoms with E-state index in [-0.39, 0.29) is 0 Å². The summed E-state index contributed by atoms with van der Waals surface area (Å²) in [5, 5.41) is 7.14. The molecule has 0 spiro atoms. The molecule has 0 unspecified atom stereocenters. The Bertz CT molecular complexity index is 394. The number of benzene rings is 1. The van der Waals surface area contributed by atoms with Crippen molar-refractivity contribution < 1.29 is 9.42 Å². The number of hydrogen-bond acceptors (Lipinski definition) is 4.